The van der Waals surface area contributed by atoms with Gasteiger partial charge in [0.25, 0.3) is 0 Å². The molecule has 0 radical (unpaired) electrons. The van der Waals surface area contributed by atoms with Gasteiger partial charge < -0.3 is 9.57 Å². The van der Waals surface area contributed by atoms with Crippen LogP contribution < -0.4 is 4.74 Å². The van der Waals surface area contributed by atoms with Gasteiger partial charge in [0.15, 0.2) is 0 Å². The van der Waals surface area contributed by atoms with E-state index in [0.717, 1.165) is 11.4 Å². The van der Waals surface area contributed by atoms with Crippen molar-refractivity contribution in [3.05, 3.63) is 41.6 Å². The Balaban J connectivity index is 2.03. The first-order valence-corrected chi connectivity index (χ1v) is 6.08. The predicted octanol–water partition coefficient (Wildman–Crippen LogP) is 2.93. The third kappa shape index (κ3) is 3.72. The van der Waals surface area contributed by atoms with Crippen molar-refractivity contribution in [3.63, 3.8) is 0 Å². The van der Waals surface area contributed by atoms with Crippen molar-refractivity contribution in [2.75, 3.05) is 13.7 Å². The van der Waals surface area contributed by atoms with E-state index in [-0.39, 0.29) is 0 Å². The Bertz CT molecular complexity index is 564. The molecule has 0 saturated carbocycles. The van der Waals surface area contributed by atoms with Gasteiger partial charge in [-0.05, 0) is 31.2 Å². The second kappa shape index (κ2) is 6.24. The van der Waals surface area contributed by atoms with E-state index < -0.39 is 0 Å². The van der Waals surface area contributed by atoms with Crippen molar-refractivity contribution < 1.29 is 9.57 Å². The number of oxime groups is 1. The summed E-state index contributed by atoms with van der Waals surface area (Å²) in [4.78, 5) is 4.65. The standard InChI is InChI=1S/C13H14ClN3O2/c1-10(16-18-2)9-19-13-7-8-17(15-13)12-5-3-11(14)4-6-12/h3-8H,9H2,1-2H3. The molecule has 0 bridgehead atoms. The molecule has 0 N–H and O–H groups in total. The van der Waals surface area contributed by atoms with E-state index in [0.29, 0.717) is 17.5 Å². The Morgan fingerprint density at radius 2 is 2.05 bits per heavy atom. The molecule has 0 aliphatic carbocycles. The van der Waals surface area contributed by atoms with Crippen LogP contribution in [0.25, 0.3) is 5.69 Å². The number of benzene rings is 1. The second-order valence-electron chi connectivity index (χ2n) is 3.87. The topological polar surface area (TPSA) is 48.6 Å². The lowest BCUT2D eigenvalue weighted by molar-refractivity contribution is 0.209. The van der Waals surface area contributed by atoms with Gasteiger partial charge in [0.1, 0.15) is 13.7 Å². The summed E-state index contributed by atoms with van der Waals surface area (Å²) >= 11 is 5.84. The van der Waals surface area contributed by atoms with Crippen molar-refractivity contribution in [1.29, 1.82) is 0 Å². The van der Waals surface area contributed by atoms with Gasteiger partial charge in [-0.2, -0.15) is 0 Å². The van der Waals surface area contributed by atoms with E-state index in [2.05, 4.69) is 15.1 Å². The molecule has 2 rings (SSSR count). The lowest BCUT2D eigenvalue weighted by atomic mass is 10.3. The zero-order valence-electron chi connectivity index (χ0n) is 10.7. The normalized spacial score (nSPS) is 11.4. The molecule has 100 valence electrons. The molecule has 1 heterocycles. The van der Waals surface area contributed by atoms with E-state index in [1.807, 2.05) is 37.4 Å². The Labute approximate surface area is 116 Å². The fraction of sp³-hybridized carbons (Fsp3) is 0.231. The van der Waals surface area contributed by atoms with Gasteiger partial charge >= 0.3 is 0 Å². The summed E-state index contributed by atoms with van der Waals surface area (Å²) in [6, 6.07) is 9.19. The average molecular weight is 280 g/mol. The van der Waals surface area contributed by atoms with Crippen molar-refractivity contribution >= 4 is 17.3 Å². The first kappa shape index (κ1) is 13.4. The fourth-order valence-electron chi connectivity index (χ4n) is 1.48. The quantitative estimate of drug-likeness (QED) is 0.624. The summed E-state index contributed by atoms with van der Waals surface area (Å²) in [6.07, 6.45) is 1.82. The lowest BCUT2D eigenvalue weighted by Crippen LogP contribution is -2.08. The molecule has 0 saturated heterocycles. The van der Waals surface area contributed by atoms with E-state index in [1.54, 1.807) is 10.7 Å². The van der Waals surface area contributed by atoms with Crippen LogP contribution in [0.3, 0.4) is 0 Å². The third-order valence-electron chi connectivity index (χ3n) is 2.33. The van der Waals surface area contributed by atoms with Gasteiger partial charge in [-0.1, -0.05) is 16.8 Å². The van der Waals surface area contributed by atoms with E-state index in [1.165, 1.54) is 7.11 Å². The molecule has 0 amide bonds. The highest BCUT2D eigenvalue weighted by Crippen LogP contribution is 2.15. The lowest BCUT2D eigenvalue weighted by Gasteiger charge is -2.02. The van der Waals surface area contributed by atoms with Crippen LogP contribution >= 0.6 is 11.6 Å². The van der Waals surface area contributed by atoms with Crippen LogP contribution in [0.15, 0.2) is 41.7 Å². The monoisotopic (exact) mass is 279 g/mol. The maximum Gasteiger partial charge on any atom is 0.233 e. The maximum atomic E-state index is 5.84. The van der Waals surface area contributed by atoms with Crippen LogP contribution in [-0.2, 0) is 4.84 Å². The molecule has 0 fully saturated rings. The first-order valence-electron chi connectivity index (χ1n) is 5.70. The number of ether oxygens (including phenoxy) is 1. The number of rotatable bonds is 5. The van der Waals surface area contributed by atoms with E-state index >= 15 is 0 Å². The minimum atomic E-state index is 0.339. The summed E-state index contributed by atoms with van der Waals surface area (Å²) in [5.41, 5.74) is 1.66. The predicted molar refractivity (Wildman–Crippen MR) is 74.2 cm³/mol. The summed E-state index contributed by atoms with van der Waals surface area (Å²) in [5.74, 6) is 0.528. The van der Waals surface area contributed by atoms with Crippen molar-refractivity contribution in [2.45, 2.75) is 6.92 Å². The van der Waals surface area contributed by atoms with Gasteiger partial charge in [0.05, 0.1) is 11.4 Å². The summed E-state index contributed by atoms with van der Waals surface area (Å²) in [6.45, 7) is 2.16. The smallest absolute Gasteiger partial charge is 0.233 e. The molecule has 5 nitrogen and oxygen atoms in total. The molecule has 2 aromatic rings. The highest BCUT2D eigenvalue weighted by molar-refractivity contribution is 6.30. The van der Waals surface area contributed by atoms with E-state index in [4.69, 9.17) is 16.3 Å². The Morgan fingerprint density at radius 1 is 1.32 bits per heavy atom. The molecule has 0 aliphatic rings. The summed E-state index contributed by atoms with van der Waals surface area (Å²) in [5, 5.41) is 8.75. The van der Waals surface area contributed by atoms with Crippen LogP contribution in [0.4, 0.5) is 0 Å². The van der Waals surface area contributed by atoms with Gasteiger partial charge in [0.2, 0.25) is 5.88 Å². The van der Waals surface area contributed by atoms with Crippen LogP contribution in [-0.4, -0.2) is 29.2 Å². The highest BCUT2D eigenvalue weighted by Gasteiger charge is 2.03. The molecule has 0 atom stereocenters. The third-order valence-corrected chi connectivity index (χ3v) is 2.58. The Kier molecular flexibility index (Phi) is 4.41. The minimum absolute atomic E-state index is 0.339. The molecular weight excluding hydrogens is 266 g/mol. The number of halogens is 1. The fourth-order valence-corrected chi connectivity index (χ4v) is 1.61. The Hall–Kier alpha value is -2.01. The van der Waals surface area contributed by atoms with Gasteiger partial charge in [-0.15, -0.1) is 5.10 Å². The van der Waals surface area contributed by atoms with E-state index in [9.17, 15) is 0 Å². The molecule has 0 spiro atoms. The molecule has 6 heteroatoms. The van der Waals surface area contributed by atoms with Gasteiger partial charge in [-0.25, -0.2) is 4.68 Å². The van der Waals surface area contributed by atoms with Crippen LogP contribution in [0.2, 0.25) is 5.02 Å². The molecule has 0 aliphatic heterocycles. The summed E-state index contributed by atoms with van der Waals surface area (Å²) in [7, 11) is 1.50. The molecular formula is C13H14ClN3O2. The number of nitrogens with zero attached hydrogens (tertiary/aromatic N) is 3. The van der Waals surface area contributed by atoms with Crippen molar-refractivity contribution in [2.24, 2.45) is 5.16 Å². The zero-order valence-corrected chi connectivity index (χ0v) is 11.5. The number of hydrogen-bond acceptors (Lipinski definition) is 4. The highest BCUT2D eigenvalue weighted by atomic mass is 35.5. The van der Waals surface area contributed by atoms with Gasteiger partial charge in [0, 0.05) is 17.3 Å². The van der Waals surface area contributed by atoms with Crippen molar-refractivity contribution in [1.82, 2.24) is 9.78 Å². The minimum Gasteiger partial charge on any atom is -0.470 e. The van der Waals surface area contributed by atoms with Gasteiger partial charge in [-0.3, -0.25) is 0 Å². The number of aromatic nitrogens is 2. The molecule has 19 heavy (non-hydrogen) atoms. The zero-order chi connectivity index (χ0) is 13.7. The first-order chi connectivity index (χ1) is 9.19. The largest absolute Gasteiger partial charge is 0.470 e. The SMILES string of the molecule is CON=C(C)COc1ccn(-c2ccc(Cl)cc2)n1. The molecule has 1 aromatic heterocycles. The Morgan fingerprint density at radius 3 is 2.74 bits per heavy atom. The van der Waals surface area contributed by atoms with Crippen LogP contribution in [0.5, 0.6) is 5.88 Å². The second-order valence-corrected chi connectivity index (χ2v) is 4.31. The molecule has 1 aromatic carbocycles. The van der Waals surface area contributed by atoms with Crippen molar-refractivity contribution in [3.8, 4) is 11.6 Å². The summed E-state index contributed by atoms with van der Waals surface area (Å²) < 4.78 is 7.19. The number of hydrogen-bond donors (Lipinski definition) is 0. The molecule has 0 unspecified atom stereocenters. The van der Waals surface area contributed by atoms with Crippen LogP contribution in [0.1, 0.15) is 6.92 Å². The van der Waals surface area contributed by atoms with Crippen LogP contribution in [0, 0.1) is 0 Å². The maximum absolute atomic E-state index is 5.84. The average Bonchev–Trinajstić information content (AvgIpc) is 2.86.